The fraction of sp³-hybridized carbons (Fsp3) is 0.235. The number of nitrogens with zero attached hydrogens (tertiary/aromatic N) is 1. The van der Waals surface area contributed by atoms with Crippen LogP contribution in [0.2, 0.25) is 0 Å². The third-order valence-corrected chi connectivity index (χ3v) is 4.94. The molecule has 2 aromatic carbocycles. The van der Waals surface area contributed by atoms with Crippen LogP contribution in [0.3, 0.4) is 0 Å². The average Bonchev–Trinajstić information content (AvgIpc) is 2.55. The van der Waals surface area contributed by atoms with Crippen LogP contribution in [0.25, 0.3) is 0 Å². The van der Waals surface area contributed by atoms with Crippen molar-refractivity contribution in [2.45, 2.75) is 18.4 Å². The first kappa shape index (κ1) is 17.1. The Morgan fingerprint density at radius 2 is 2.05 bits per heavy atom. The molecule has 0 aliphatic heterocycles. The molecule has 0 atom stereocenters. The summed E-state index contributed by atoms with van der Waals surface area (Å²) in [6, 6.07) is 14.0. The Labute approximate surface area is 144 Å². The normalized spacial score (nSPS) is 10.5. The monoisotopic (exact) mass is 378 g/mol. The van der Waals surface area contributed by atoms with Crippen LogP contribution in [-0.4, -0.2) is 19.1 Å². The van der Waals surface area contributed by atoms with Crippen molar-refractivity contribution in [1.29, 1.82) is 0 Å². The second-order valence-electron chi connectivity index (χ2n) is 4.58. The fourth-order valence-electron chi connectivity index (χ4n) is 1.86. The first-order valence-electron chi connectivity index (χ1n) is 7.05. The zero-order valence-electron chi connectivity index (χ0n) is 12.5. The summed E-state index contributed by atoms with van der Waals surface area (Å²) in [6.07, 6.45) is 0. The van der Waals surface area contributed by atoms with Crippen molar-refractivity contribution in [2.24, 2.45) is 4.99 Å². The minimum absolute atomic E-state index is 0.535. The molecule has 0 spiro atoms. The summed E-state index contributed by atoms with van der Waals surface area (Å²) >= 11 is 5.30. The van der Waals surface area contributed by atoms with Gasteiger partial charge in [0.1, 0.15) is 12.4 Å². The van der Waals surface area contributed by atoms with E-state index in [0.29, 0.717) is 6.61 Å². The number of hydrogen-bond donors (Lipinski definition) is 1. The number of nitrogens with one attached hydrogen (secondary N) is 1. The third kappa shape index (κ3) is 4.87. The van der Waals surface area contributed by atoms with Crippen LogP contribution in [-0.2, 0) is 6.61 Å². The molecule has 22 heavy (non-hydrogen) atoms. The van der Waals surface area contributed by atoms with Gasteiger partial charge in [0.25, 0.3) is 0 Å². The SMILES string of the molecule is C=Nc1cc(OCc2ccccc2)cc(Br)c1SCNCC. The summed E-state index contributed by atoms with van der Waals surface area (Å²) < 4.78 is 6.83. The molecular formula is C17H19BrN2OS. The minimum atomic E-state index is 0.535. The highest BCUT2D eigenvalue weighted by atomic mass is 79.9. The van der Waals surface area contributed by atoms with Crippen molar-refractivity contribution in [3.63, 3.8) is 0 Å². The summed E-state index contributed by atoms with van der Waals surface area (Å²) in [5.41, 5.74) is 1.97. The Morgan fingerprint density at radius 1 is 1.27 bits per heavy atom. The zero-order chi connectivity index (χ0) is 15.8. The molecule has 0 unspecified atom stereocenters. The molecule has 5 heteroatoms. The topological polar surface area (TPSA) is 33.6 Å². The Balaban J connectivity index is 2.09. The first-order valence-corrected chi connectivity index (χ1v) is 8.83. The number of hydrogen-bond acceptors (Lipinski definition) is 4. The standard InChI is InChI=1S/C17H19BrN2OS/c1-3-20-12-22-17-15(18)9-14(10-16(17)19-2)21-11-13-7-5-4-6-8-13/h4-10,20H,2-3,11-12H2,1H3. The molecule has 116 valence electrons. The summed E-state index contributed by atoms with van der Waals surface area (Å²) in [5.74, 6) is 1.62. The van der Waals surface area contributed by atoms with Gasteiger partial charge in [-0.3, -0.25) is 4.99 Å². The highest BCUT2D eigenvalue weighted by Gasteiger charge is 2.10. The number of halogens is 1. The van der Waals surface area contributed by atoms with Crippen molar-refractivity contribution in [1.82, 2.24) is 5.32 Å². The molecule has 0 fully saturated rings. The maximum absolute atomic E-state index is 5.85. The molecular weight excluding hydrogens is 360 g/mol. The molecule has 3 nitrogen and oxygen atoms in total. The zero-order valence-corrected chi connectivity index (χ0v) is 14.9. The summed E-state index contributed by atoms with van der Waals surface area (Å²) in [5, 5.41) is 3.29. The molecule has 2 aromatic rings. The molecule has 0 heterocycles. The largest absolute Gasteiger partial charge is 0.489 e. The second kappa shape index (κ2) is 8.98. The second-order valence-corrected chi connectivity index (χ2v) is 6.42. The summed E-state index contributed by atoms with van der Waals surface area (Å²) in [6.45, 7) is 7.23. The Kier molecular flexibility index (Phi) is 6.96. The van der Waals surface area contributed by atoms with Gasteiger partial charge in [-0.05, 0) is 40.8 Å². The van der Waals surface area contributed by atoms with Crippen molar-refractivity contribution in [3.05, 3.63) is 52.5 Å². The summed E-state index contributed by atoms with van der Waals surface area (Å²) in [7, 11) is 0. The number of aliphatic imine (C=N–C) groups is 1. The van der Waals surface area contributed by atoms with Crippen LogP contribution in [0, 0.1) is 0 Å². The third-order valence-electron chi connectivity index (χ3n) is 2.98. The van der Waals surface area contributed by atoms with Crippen LogP contribution in [0.5, 0.6) is 5.75 Å². The number of thioether (sulfide) groups is 1. The van der Waals surface area contributed by atoms with Crippen molar-refractivity contribution in [3.8, 4) is 5.75 Å². The van der Waals surface area contributed by atoms with Crippen LogP contribution >= 0.6 is 27.7 Å². The van der Waals surface area contributed by atoms with Crippen LogP contribution < -0.4 is 10.1 Å². The Bertz CT molecular complexity index is 620. The molecule has 0 saturated heterocycles. The van der Waals surface area contributed by atoms with Gasteiger partial charge in [0.05, 0.1) is 5.69 Å². The highest BCUT2D eigenvalue weighted by molar-refractivity contribution is 9.10. The molecule has 0 radical (unpaired) electrons. The van der Waals surface area contributed by atoms with Crippen LogP contribution in [0.15, 0.2) is 56.8 Å². The van der Waals surface area contributed by atoms with Gasteiger partial charge in [-0.1, -0.05) is 37.3 Å². The lowest BCUT2D eigenvalue weighted by Gasteiger charge is -2.12. The van der Waals surface area contributed by atoms with Crippen molar-refractivity contribution in [2.75, 3.05) is 12.4 Å². The Morgan fingerprint density at radius 3 is 2.73 bits per heavy atom. The van der Waals surface area contributed by atoms with Crippen LogP contribution in [0.1, 0.15) is 12.5 Å². The number of benzene rings is 2. The molecule has 0 aliphatic carbocycles. The maximum atomic E-state index is 5.85. The maximum Gasteiger partial charge on any atom is 0.123 e. The van der Waals surface area contributed by atoms with Gasteiger partial charge >= 0.3 is 0 Å². The van der Waals surface area contributed by atoms with Gasteiger partial charge in [0, 0.05) is 21.3 Å². The number of rotatable bonds is 8. The van der Waals surface area contributed by atoms with Crippen molar-refractivity contribution >= 4 is 40.1 Å². The van der Waals surface area contributed by atoms with E-state index in [1.807, 2.05) is 42.5 Å². The van der Waals surface area contributed by atoms with Gasteiger partial charge in [0.15, 0.2) is 0 Å². The molecule has 2 rings (SSSR count). The number of ether oxygens (including phenoxy) is 1. The lowest BCUT2D eigenvalue weighted by molar-refractivity contribution is 0.306. The van der Waals surface area contributed by atoms with E-state index in [1.165, 1.54) is 0 Å². The molecule has 0 bridgehead atoms. The summed E-state index contributed by atoms with van der Waals surface area (Å²) in [4.78, 5) is 5.19. The fourth-order valence-corrected chi connectivity index (χ4v) is 3.56. The lowest BCUT2D eigenvalue weighted by Crippen LogP contribution is -2.10. The molecule has 0 amide bonds. The van der Waals surface area contributed by atoms with Gasteiger partial charge in [0.2, 0.25) is 0 Å². The molecule has 0 saturated carbocycles. The predicted octanol–water partition coefficient (Wildman–Crippen LogP) is 5.02. The van der Waals surface area contributed by atoms with Crippen LogP contribution in [0.4, 0.5) is 5.69 Å². The van der Waals surface area contributed by atoms with Gasteiger partial charge in [-0.2, -0.15) is 0 Å². The molecule has 1 N–H and O–H groups in total. The van der Waals surface area contributed by atoms with Gasteiger partial charge in [-0.15, -0.1) is 11.8 Å². The smallest absolute Gasteiger partial charge is 0.123 e. The van der Waals surface area contributed by atoms with E-state index in [1.54, 1.807) is 11.8 Å². The molecule has 0 aromatic heterocycles. The first-order chi connectivity index (χ1) is 10.7. The predicted molar refractivity (Wildman–Crippen MR) is 98.5 cm³/mol. The van der Waals surface area contributed by atoms with Gasteiger partial charge in [-0.25, -0.2) is 0 Å². The van der Waals surface area contributed by atoms with E-state index in [2.05, 4.69) is 39.9 Å². The average molecular weight is 379 g/mol. The van der Waals surface area contributed by atoms with E-state index in [-0.39, 0.29) is 0 Å². The quantitative estimate of drug-likeness (QED) is 0.303. The van der Waals surface area contributed by atoms with E-state index in [4.69, 9.17) is 4.74 Å². The lowest BCUT2D eigenvalue weighted by atomic mass is 10.2. The van der Waals surface area contributed by atoms with E-state index in [0.717, 1.165) is 38.8 Å². The van der Waals surface area contributed by atoms with E-state index >= 15 is 0 Å². The minimum Gasteiger partial charge on any atom is -0.489 e. The molecule has 0 aliphatic rings. The van der Waals surface area contributed by atoms with Gasteiger partial charge < -0.3 is 10.1 Å². The van der Waals surface area contributed by atoms with E-state index in [9.17, 15) is 0 Å². The Hall–Kier alpha value is -1.30. The van der Waals surface area contributed by atoms with Crippen molar-refractivity contribution < 1.29 is 4.74 Å². The highest BCUT2D eigenvalue weighted by Crippen LogP contribution is 2.39. The van der Waals surface area contributed by atoms with E-state index < -0.39 is 0 Å².